The minimum absolute atomic E-state index is 0.104. The SMILES string of the molecule is Cc1ccc(NC(=O)CCc2nc(CSc3nnc(-c4ccccc4)o3)no2)cc1. The number of thioether (sulfide) groups is 1. The highest BCUT2D eigenvalue weighted by molar-refractivity contribution is 7.98. The first kappa shape index (κ1) is 19.8. The predicted octanol–water partition coefficient (Wildman–Crippen LogP) is 4.29. The van der Waals surface area contributed by atoms with Crippen LogP contribution in [0.2, 0.25) is 0 Å². The first-order chi connectivity index (χ1) is 14.7. The molecule has 0 bridgehead atoms. The van der Waals surface area contributed by atoms with Gasteiger partial charge in [-0.25, -0.2) is 0 Å². The van der Waals surface area contributed by atoms with Crippen molar-refractivity contribution in [2.24, 2.45) is 0 Å². The summed E-state index contributed by atoms with van der Waals surface area (Å²) in [6.45, 7) is 2.00. The number of aromatic nitrogens is 4. The van der Waals surface area contributed by atoms with E-state index in [9.17, 15) is 4.79 Å². The van der Waals surface area contributed by atoms with Crippen LogP contribution in [0.1, 0.15) is 23.7 Å². The molecule has 4 rings (SSSR count). The van der Waals surface area contributed by atoms with Gasteiger partial charge >= 0.3 is 0 Å². The minimum Gasteiger partial charge on any atom is -0.411 e. The Hall–Kier alpha value is -3.46. The summed E-state index contributed by atoms with van der Waals surface area (Å²) in [4.78, 5) is 16.4. The van der Waals surface area contributed by atoms with Crippen molar-refractivity contribution in [3.05, 3.63) is 71.9 Å². The number of anilines is 1. The van der Waals surface area contributed by atoms with Gasteiger partial charge in [-0.05, 0) is 31.2 Å². The number of amides is 1. The van der Waals surface area contributed by atoms with E-state index in [1.807, 2.05) is 61.5 Å². The Morgan fingerprint density at radius 2 is 1.87 bits per heavy atom. The fourth-order valence-corrected chi connectivity index (χ4v) is 3.23. The molecule has 0 spiro atoms. The molecule has 8 nitrogen and oxygen atoms in total. The smallest absolute Gasteiger partial charge is 0.277 e. The van der Waals surface area contributed by atoms with Crippen molar-refractivity contribution < 1.29 is 13.7 Å². The van der Waals surface area contributed by atoms with E-state index in [-0.39, 0.29) is 12.3 Å². The summed E-state index contributed by atoms with van der Waals surface area (Å²) in [7, 11) is 0. The van der Waals surface area contributed by atoms with Crippen LogP contribution < -0.4 is 5.32 Å². The molecule has 2 aromatic heterocycles. The maximum Gasteiger partial charge on any atom is 0.277 e. The van der Waals surface area contributed by atoms with Crippen molar-refractivity contribution in [2.45, 2.75) is 30.7 Å². The molecule has 0 aliphatic heterocycles. The van der Waals surface area contributed by atoms with Gasteiger partial charge in [0.15, 0.2) is 5.82 Å². The zero-order chi connectivity index (χ0) is 20.8. The molecule has 0 atom stereocenters. The average Bonchev–Trinajstić information content (AvgIpc) is 3.43. The molecular formula is C21H19N5O3S. The second-order valence-corrected chi connectivity index (χ2v) is 7.47. The van der Waals surface area contributed by atoms with Gasteiger partial charge in [0.2, 0.25) is 17.7 Å². The van der Waals surface area contributed by atoms with Gasteiger partial charge in [-0.15, -0.1) is 10.2 Å². The molecule has 0 aliphatic carbocycles. The van der Waals surface area contributed by atoms with Gasteiger partial charge < -0.3 is 14.3 Å². The number of nitrogens with one attached hydrogen (secondary N) is 1. The molecule has 1 N–H and O–H groups in total. The van der Waals surface area contributed by atoms with Gasteiger partial charge in [-0.2, -0.15) is 4.98 Å². The van der Waals surface area contributed by atoms with Crippen molar-refractivity contribution in [1.82, 2.24) is 20.3 Å². The number of nitrogens with zero attached hydrogens (tertiary/aromatic N) is 4. The minimum atomic E-state index is -0.104. The molecular weight excluding hydrogens is 402 g/mol. The highest BCUT2D eigenvalue weighted by atomic mass is 32.2. The highest BCUT2D eigenvalue weighted by Gasteiger charge is 2.13. The zero-order valence-electron chi connectivity index (χ0n) is 16.2. The second-order valence-electron chi connectivity index (χ2n) is 6.55. The quantitative estimate of drug-likeness (QED) is 0.420. The second kappa shape index (κ2) is 9.36. The molecule has 0 unspecified atom stereocenters. The summed E-state index contributed by atoms with van der Waals surface area (Å²) >= 11 is 1.33. The maximum absolute atomic E-state index is 12.1. The summed E-state index contributed by atoms with van der Waals surface area (Å²) in [5.41, 5.74) is 2.77. The van der Waals surface area contributed by atoms with Crippen LogP contribution in [-0.4, -0.2) is 26.2 Å². The summed E-state index contributed by atoms with van der Waals surface area (Å²) in [5, 5.41) is 15.3. The summed E-state index contributed by atoms with van der Waals surface area (Å²) in [5.74, 6) is 1.71. The number of hydrogen-bond donors (Lipinski definition) is 1. The molecule has 9 heteroatoms. The van der Waals surface area contributed by atoms with E-state index in [0.29, 0.717) is 35.0 Å². The summed E-state index contributed by atoms with van der Waals surface area (Å²) < 4.78 is 10.9. The van der Waals surface area contributed by atoms with E-state index in [1.165, 1.54) is 11.8 Å². The van der Waals surface area contributed by atoms with Crippen LogP contribution in [0.25, 0.3) is 11.5 Å². The third kappa shape index (κ3) is 5.32. The van der Waals surface area contributed by atoms with Crippen LogP contribution in [-0.2, 0) is 17.0 Å². The largest absolute Gasteiger partial charge is 0.411 e. The number of rotatable bonds is 8. The zero-order valence-corrected chi connectivity index (χ0v) is 17.1. The molecule has 2 heterocycles. The summed E-state index contributed by atoms with van der Waals surface area (Å²) in [6, 6.07) is 17.2. The Bertz CT molecular complexity index is 1110. The van der Waals surface area contributed by atoms with E-state index >= 15 is 0 Å². The number of aryl methyl sites for hydroxylation is 2. The lowest BCUT2D eigenvalue weighted by Crippen LogP contribution is -2.12. The molecule has 0 aliphatic rings. The molecule has 1 amide bonds. The average molecular weight is 421 g/mol. The number of carbonyl (C=O) groups is 1. The normalized spacial score (nSPS) is 10.8. The fraction of sp³-hybridized carbons (Fsp3) is 0.190. The van der Waals surface area contributed by atoms with E-state index in [0.717, 1.165) is 16.8 Å². The van der Waals surface area contributed by atoms with Crippen LogP contribution in [0, 0.1) is 6.92 Å². The molecule has 0 fully saturated rings. The molecule has 30 heavy (non-hydrogen) atoms. The van der Waals surface area contributed by atoms with E-state index in [2.05, 4.69) is 25.7 Å². The third-order valence-corrected chi connectivity index (χ3v) is 4.98. The van der Waals surface area contributed by atoms with Crippen LogP contribution in [0.15, 0.2) is 68.8 Å². The van der Waals surface area contributed by atoms with Crippen molar-refractivity contribution in [2.75, 3.05) is 5.32 Å². The molecule has 2 aromatic carbocycles. The van der Waals surface area contributed by atoms with Gasteiger partial charge in [-0.3, -0.25) is 4.79 Å². The topological polar surface area (TPSA) is 107 Å². The first-order valence-corrected chi connectivity index (χ1v) is 10.3. The lowest BCUT2D eigenvalue weighted by molar-refractivity contribution is -0.116. The molecule has 152 valence electrons. The molecule has 0 saturated heterocycles. The van der Waals surface area contributed by atoms with E-state index in [1.54, 1.807) is 0 Å². The van der Waals surface area contributed by atoms with Gasteiger partial charge in [0.25, 0.3) is 5.22 Å². The van der Waals surface area contributed by atoms with Crippen molar-refractivity contribution in [1.29, 1.82) is 0 Å². The highest BCUT2D eigenvalue weighted by Crippen LogP contribution is 2.24. The Kier molecular flexibility index (Phi) is 6.19. The predicted molar refractivity (Wildman–Crippen MR) is 112 cm³/mol. The number of hydrogen-bond acceptors (Lipinski definition) is 8. The van der Waals surface area contributed by atoms with Gasteiger partial charge in [0.1, 0.15) is 0 Å². The van der Waals surface area contributed by atoms with Gasteiger partial charge in [0.05, 0.1) is 5.75 Å². The van der Waals surface area contributed by atoms with Gasteiger partial charge in [-0.1, -0.05) is 52.8 Å². The third-order valence-electron chi connectivity index (χ3n) is 4.16. The molecule has 4 aromatic rings. The molecule has 0 radical (unpaired) electrons. The van der Waals surface area contributed by atoms with Gasteiger partial charge in [0, 0.05) is 24.1 Å². The standard InChI is InChI=1S/C21H19N5O3S/c1-14-7-9-16(10-8-14)22-18(27)11-12-19-23-17(26-29-19)13-30-21-25-24-20(28-21)15-5-3-2-4-6-15/h2-10H,11-13H2,1H3,(H,22,27). The lowest BCUT2D eigenvalue weighted by Gasteiger charge is -2.04. The monoisotopic (exact) mass is 421 g/mol. The van der Waals surface area contributed by atoms with Crippen LogP contribution in [0.4, 0.5) is 5.69 Å². The van der Waals surface area contributed by atoms with Crippen LogP contribution >= 0.6 is 11.8 Å². The van der Waals surface area contributed by atoms with Crippen molar-refractivity contribution in [3.63, 3.8) is 0 Å². The Morgan fingerprint density at radius 1 is 1.07 bits per heavy atom. The van der Waals surface area contributed by atoms with Crippen molar-refractivity contribution in [3.8, 4) is 11.5 Å². The van der Waals surface area contributed by atoms with E-state index < -0.39 is 0 Å². The molecule has 0 saturated carbocycles. The van der Waals surface area contributed by atoms with Crippen LogP contribution in [0.3, 0.4) is 0 Å². The maximum atomic E-state index is 12.1. The summed E-state index contributed by atoms with van der Waals surface area (Å²) in [6.07, 6.45) is 0.626. The lowest BCUT2D eigenvalue weighted by atomic mass is 10.2. The van der Waals surface area contributed by atoms with Crippen molar-refractivity contribution >= 4 is 23.4 Å². The Morgan fingerprint density at radius 3 is 2.67 bits per heavy atom. The Balaban J connectivity index is 1.25. The van der Waals surface area contributed by atoms with Crippen LogP contribution in [0.5, 0.6) is 0 Å². The number of carbonyl (C=O) groups excluding carboxylic acids is 1. The fourth-order valence-electron chi connectivity index (χ4n) is 2.62. The Labute approximate surface area is 177 Å². The number of benzene rings is 2. The first-order valence-electron chi connectivity index (χ1n) is 9.35. The van der Waals surface area contributed by atoms with E-state index in [4.69, 9.17) is 8.94 Å².